The Bertz CT molecular complexity index is 936. The van der Waals surface area contributed by atoms with Crippen molar-refractivity contribution in [3.05, 3.63) is 70.8 Å². The lowest BCUT2D eigenvalue weighted by Crippen LogP contribution is -2.30. The maximum absolute atomic E-state index is 12.5. The average Bonchev–Trinajstić information content (AvgIpc) is 2.67. The molecule has 0 spiro atoms. The summed E-state index contributed by atoms with van der Waals surface area (Å²) in [6.07, 6.45) is 3.07. The zero-order valence-corrected chi connectivity index (χ0v) is 17.8. The summed E-state index contributed by atoms with van der Waals surface area (Å²) in [4.78, 5) is 12.4. The van der Waals surface area contributed by atoms with Gasteiger partial charge in [0.05, 0.1) is 10.9 Å². The van der Waals surface area contributed by atoms with Gasteiger partial charge in [0.1, 0.15) is 0 Å². The monoisotopic (exact) mass is 420 g/mol. The fourth-order valence-electron chi connectivity index (χ4n) is 2.76. The number of benzene rings is 2. The van der Waals surface area contributed by atoms with Gasteiger partial charge in [-0.15, -0.1) is 0 Å². The summed E-state index contributed by atoms with van der Waals surface area (Å²) in [6, 6.07) is 13.6. The Labute approximate surface area is 172 Å². The second-order valence-corrected chi connectivity index (χ2v) is 8.65. The minimum atomic E-state index is -3.48. The minimum Gasteiger partial charge on any atom is -0.346 e. The molecule has 0 saturated carbocycles. The highest BCUT2D eigenvalue weighted by molar-refractivity contribution is 7.89. The number of hydrogen-bond acceptors (Lipinski definition) is 3. The fraction of sp³-hybridized carbons (Fsp3) is 0.286. The summed E-state index contributed by atoms with van der Waals surface area (Å²) in [5.41, 5.74) is 1.66. The van der Waals surface area contributed by atoms with Gasteiger partial charge in [-0.3, -0.25) is 4.79 Å². The molecular weight excluding hydrogens is 396 g/mol. The van der Waals surface area contributed by atoms with E-state index in [9.17, 15) is 13.2 Å². The molecule has 0 bridgehead atoms. The standard InChI is InChI=1S/C21H25ClN2O3S/c1-4-24(5-2)28(26,27)20-12-9-17(10-13-20)11-14-21(25)23-16(3)18-7-6-8-19(22)15-18/h6-16H,4-5H2,1-3H3,(H,23,25)/b14-11+/t16-/m1/s1. The molecular formula is C21H25ClN2O3S. The topological polar surface area (TPSA) is 66.5 Å². The van der Waals surface area contributed by atoms with E-state index in [1.807, 2.05) is 25.1 Å². The van der Waals surface area contributed by atoms with E-state index < -0.39 is 10.0 Å². The van der Waals surface area contributed by atoms with Crippen LogP contribution in [0.5, 0.6) is 0 Å². The van der Waals surface area contributed by atoms with Gasteiger partial charge in [-0.05, 0) is 48.4 Å². The largest absolute Gasteiger partial charge is 0.346 e. The van der Waals surface area contributed by atoms with Gasteiger partial charge in [0.15, 0.2) is 0 Å². The maximum Gasteiger partial charge on any atom is 0.244 e. The maximum atomic E-state index is 12.5. The SMILES string of the molecule is CCN(CC)S(=O)(=O)c1ccc(/C=C/C(=O)N[C@H](C)c2cccc(Cl)c2)cc1. The lowest BCUT2D eigenvalue weighted by molar-refractivity contribution is -0.117. The van der Waals surface area contributed by atoms with Crippen molar-refractivity contribution in [2.24, 2.45) is 0 Å². The molecule has 0 aliphatic rings. The number of nitrogens with one attached hydrogen (secondary N) is 1. The molecule has 1 amide bonds. The lowest BCUT2D eigenvalue weighted by Gasteiger charge is -2.18. The van der Waals surface area contributed by atoms with Gasteiger partial charge >= 0.3 is 0 Å². The number of carbonyl (C=O) groups excluding carboxylic acids is 1. The van der Waals surface area contributed by atoms with Gasteiger partial charge in [-0.1, -0.05) is 49.7 Å². The normalized spacial score (nSPS) is 13.0. The molecule has 1 atom stereocenters. The molecule has 2 aromatic rings. The van der Waals surface area contributed by atoms with Gasteiger partial charge in [0.25, 0.3) is 0 Å². The Kier molecular flexibility index (Phi) is 7.80. The van der Waals surface area contributed by atoms with E-state index in [1.54, 1.807) is 50.3 Å². The van der Waals surface area contributed by atoms with Crippen LogP contribution in [0.4, 0.5) is 0 Å². The first-order valence-corrected chi connectivity index (χ1v) is 10.9. The van der Waals surface area contributed by atoms with Crippen molar-refractivity contribution < 1.29 is 13.2 Å². The molecule has 2 rings (SSSR count). The summed E-state index contributed by atoms with van der Waals surface area (Å²) in [6.45, 7) is 6.34. The predicted octanol–water partition coefficient (Wildman–Crippen LogP) is 4.26. The third kappa shape index (κ3) is 5.67. The van der Waals surface area contributed by atoms with Crippen molar-refractivity contribution in [1.29, 1.82) is 0 Å². The van der Waals surface area contributed by atoms with E-state index >= 15 is 0 Å². The van der Waals surface area contributed by atoms with Crippen LogP contribution in [-0.4, -0.2) is 31.7 Å². The van der Waals surface area contributed by atoms with Crippen molar-refractivity contribution in [1.82, 2.24) is 9.62 Å². The quantitative estimate of drug-likeness (QED) is 0.649. The first-order valence-electron chi connectivity index (χ1n) is 9.12. The van der Waals surface area contributed by atoms with Crippen LogP contribution in [0.15, 0.2) is 59.5 Å². The Morgan fingerprint density at radius 2 is 1.79 bits per heavy atom. The van der Waals surface area contributed by atoms with E-state index in [2.05, 4.69) is 5.32 Å². The molecule has 150 valence electrons. The van der Waals surface area contributed by atoms with Crippen molar-refractivity contribution in [2.45, 2.75) is 31.7 Å². The van der Waals surface area contributed by atoms with Crippen LogP contribution in [0, 0.1) is 0 Å². The molecule has 0 aliphatic heterocycles. The summed E-state index contributed by atoms with van der Waals surface area (Å²) in [7, 11) is -3.48. The van der Waals surface area contributed by atoms with Crippen molar-refractivity contribution in [3.8, 4) is 0 Å². The summed E-state index contributed by atoms with van der Waals surface area (Å²) in [5.74, 6) is -0.243. The van der Waals surface area contributed by atoms with E-state index in [0.29, 0.717) is 18.1 Å². The average molecular weight is 421 g/mol. The van der Waals surface area contributed by atoms with Crippen LogP contribution in [0.1, 0.15) is 37.9 Å². The van der Waals surface area contributed by atoms with Crippen molar-refractivity contribution >= 4 is 33.6 Å². The molecule has 0 saturated heterocycles. The molecule has 7 heteroatoms. The van der Waals surface area contributed by atoms with Crippen molar-refractivity contribution in [3.63, 3.8) is 0 Å². The minimum absolute atomic E-state index is 0.183. The highest BCUT2D eigenvalue weighted by Crippen LogP contribution is 2.18. The molecule has 0 radical (unpaired) electrons. The first kappa shape index (κ1) is 22.1. The van der Waals surface area contributed by atoms with E-state index in [4.69, 9.17) is 11.6 Å². The highest BCUT2D eigenvalue weighted by Gasteiger charge is 2.20. The highest BCUT2D eigenvalue weighted by atomic mass is 35.5. The number of rotatable bonds is 8. The van der Waals surface area contributed by atoms with Crippen molar-refractivity contribution in [2.75, 3.05) is 13.1 Å². The molecule has 0 aromatic heterocycles. The van der Waals surface area contributed by atoms with E-state index in [-0.39, 0.29) is 16.8 Å². The van der Waals surface area contributed by atoms with Crippen LogP contribution in [0.3, 0.4) is 0 Å². The first-order chi connectivity index (χ1) is 13.3. The van der Waals surface area contributed by atoms with Gasteiger partial charge in [0.2, 0.25) is 15.9 Å². The van der Waals surface area contributed by atoms with Gasteiger partial charge in [-0.25, -0.2) is 8.42 Å². The number of halogens is 1. The third-order valence-corrected chi connectivity index (χ3v) is 6.66. The molecule has 0 fully saturated rings. The Balaban J connectivity index is 2.03. The summed E-state index contributed by atoms with van der Waals surface area (Å²) >= 11 is 5.98. The lowest BCUT2D eigenvalue weighted by atomic mass is 10.1. The fourth-order valence-corrected chi connectivity index (χ4v) is 4.41. The Morgan fingerprint density at radius 1 is 1.14 bits per heavy atom. The predicted molar refractivity (Wildman–Crippen MR) is 114 cm³/mol. The smallest absolute Gasteiger partial charge is 0.244 e. The number of amides is 1. The number of sulfonamides is 1. The van der Waals surface area contributed by atoms with Gasteiger partial charge < -0.3 is 5.32 Å². The third-order valence-electron chi connectivity index (χ3n) is 4.36. The summed E-state index contributed by atoms with van der Waals surface area (Å²) < 4.78 is 26.4. The molecule has 1 N–H and O–H groups in total. The molecule has 0 unspecified atom stereocenters. The summed E-state index contributed by atoms with van der Waals surface area (Å²) in [5, 5.41) is 3.49. The zero-order chi connectivity index (χ0) is 20.7. The number of carbonyl (C=O) groups is 1. The molecule has 5 nitrogen and oxygen atoms in total. The second kappa shape index (κ2) is 9.87. The second-order valence-electron chi connectivity index (χ2n) is 6.28. The van der Waals surface area contributed by atoms with Crippen LogP contribution in [-0.2, 0) is 14.8 Å². The Morgan fingerprint density at radius 3 is 2.36 bits per heavy atom. The van der Waals surface area contributed by atoms with Crippen LogP contribution in [0.25, 0.3) is 6.08 Å². The molecule has 0 aliphatic carbocycles. The number of hydrogen-bond donors (Lipinski definition) is 1. The Hall–Kier alpha value is -2.15. The van der Waals surface area contributed by atoms with Gasteiger partial charge in [0, 0.05) is 24.2 Å². The van der Waals surface area contributed by atoms with Crippen LogP contribution >= 0.6 is 11.6 Å². The number of nitrogens with zero attached hydrogens (tertiary/aromatic N) is 1. The van der Waals surface area contributed by atoms with Gasteiger partial charge in [-0.2, -0.15) is 4.31 Å². The van der Waals surface area contributed by atoms with Crippen LogP contribution in [0.2, 0.25) is 5.02 Å². The van der Waals surface area contributed by atoms with E-state index in [1.165, 1.54) is 10.4 Å². The molecule has 0 heterocycles. The van der Waals surface area contributed by atoms with E-state index in [0.717, 1.165) is 11.1 Å². The molecule has 2 aromatic carbocycles. The van der Waals surface area contributed by atoms with Crippen LogP contribution < -0.4 is 5.32 Å². The molecule has 28 heavy (non-hydrogen) atoms. The zero-order valence-electron chi connectivity index (χ0n) is 16.2.